The number of fused-ring (bicyclic) bond motifs is 6. The van der Waals surface area contributed by atoms with Gasteiger partial charge in [0.2, 0.25) is 0 Å². The summed E-state index contributed by atoms with van der Waals surface area (Å²) in [6.07, 6.45) is 1.71. The molecule has 5 aliphatic rings. The minimum atomic E-state index is -1.59. The maximum atomic E-state index is 12.0. The van der Waals surface area contributed by atoms with E-state index in [2.05, 4.69) is 13.8 Å². The largest absolute Gasteiger partial charge is 0.454 e. The van der Waals surface area contributed by atoms with Crippen LogP contribution in [-0.4, -0.2) is 45.2 Å². The van der Waals surface area contributed by atoms with Crippen molar-refractivity contribution in [3.8, 4) is 0 Å². The highest BCUT2D eigenvalue weighted by Crippen LogP contribution is 2.74. The first-order valence-corrected chi connectivity index (χ1v) is 9.64. The molecule has 0 aromatic carbocycles. The molecule has 4 fully saturated rings. The zero-order valence-corrected chi connectivity index (χ0v) is 15.2. The lowest BCUT2D eigenvalue weighted by Crippen LogP contribution is -2.71. The first-order valence-electron chi connectivity index (χ1n) is 9.64. The highest BCUT2D eigenvalue weighted by atomic mass is 16.6. The van der Waals surface area contributed by atoms with Gasteiger partial charge in [0.1, 0.15) is 17.8 Å². The lowest BCUT2D eigenvalue weighted by molar-refractivity contribution is -0.263. The van der Waals surface area contributed by atoms with Gasteiger partial charge in [0, 0.05) is 17.1 Å². The second kappa shape index (κ2) is 4.49. The summed E-state index contributed by atoms with van der Waals surface area (Å²) in [4.78, 5) is 12.0. The summed E-state index contributed by atoms with van der Waals surface area (Å²) in [7, 11) is 0. The Morgan fingerprint density at radius 1 is 1.12 bits per heavy atom. The van der Waals surface area contributed by atoms with Crippen LogP contribution in [0.1, 0.15) is 52.9 Å². The monoisotopic (exact) mass is 348 g/mol. The van der Waals surface area contributed by atoms with E-state index in [1.807, 2.05) is 0 Å². The van der Waals surface area contributed by atoms with Gasteiger partial charge in [-0.1, -0.05) is 13.8 Å². The summed E-state index contributed by atoms with van der Waals surface area (Å²) >= 11 is 0. The number of carbonyl (C=O) groups is 1. The van der Waals surface area contributed by atoms with Crippen molar-refractivity contribution in [2.45, 2.75) is 76.8 Å². The van der Waals surface area contributed by atoms with Crippen LogP contribution in [0.4, 0.5) is 0 Å². The number of aliphatic hydroxyl groups excluding tert-OH is 2. The molecule has 4 saturated carbocycles. The predicted molar refractivity (Wildman–Crippen MR) is 89.3 cm³/mol. The van der Waals surface area contributed by atoms with Crippen LogP contribution in [0.3, 0.4) is 0 Å². The average molecular weight is 348 g/mol. The average Bonchev–Trinajstić information content (AvgIpc) is 3.15. The van der Waals surface area contributed by atoms with E-state index in [9.17, 15) is 20.1 Å². The van der Waals surface area contributed by atoms with Gasteiger partial charge in [0.25, 0.3) is 0 Å². The van der Waals surface area contributed by atoms with E-state index in [4.69, 9.17) is 4.74 Å². The van der Waals surface area contributed by atoms with Crippen molar-refractivity contribution in [1.82, 2.24) is 0 Å². The molecule has 9 atom stereocenters. The highest BCUT2D eigenvalue weighted by molar-refractivity contribution is 5.92. The molecule has 1 heterocycles. The number of aliphatic hydroxyl groups is 3. The molecule has 0 bridgehead atoms. The third kappa shape index (κ3) is 1.68. The van der Waals surface area contributed by atoms with E-state index in [0.717, 1.165) is 18.8 Å². The van der Waals surface area contributed by atoms with Crippen molar-refractivity contribution in [1.29, 1.82) is 0 Å². The fourth-order valence-electron chi connectivity index (χ4n) is 7.36. The molecular weight excluding hydrogens is 320 g/mol. The maximum Gasteiger partial charge on any atom is 0.334 e. The van der Waals surface area contributed by atoms with Crippen LogP contribution >= 0.6 is 0 Å². The Kier molecular flexibility index (Phi) is 2.92. The molecule has 0 saturated heterocycles. The number of hydrogen-bond donors (Lipinski definition) is 3. The summed E-state index contributed by atoms with van der Waals surface area (Å²) in [6.45, 7) is 6.19. The van der Waals surface area contributed by atoms with Gasteiger partial charge in [-0.15, -0.1) is 0 Å². The van der Waals surface area contributed by atoms with Crippen LogP contribution < -0.4 is 0 Å². The fraction of sp³-hybridized carbons (Fsp3) is 0.850. The third-order valence-corrected chi connectivity index (χ3v) is 8.95. The van der Waals surface area contributed by atoms with Crippen molar-refractivity contribution in [2.75, 3.05) is 0 Å². The van der Waals surface area contributed by atoms with Gasteiger partial charge in [0.05, 0.1) is 6.10 Å². The Morgan fingerprint density at radius 2 is 1.84 bits per heavy atom. The van der Waals surface area contributed by atoms with E-state index in [0.29, 0.717) is 29.9 Å². The van der Waals surface area contributed by atoms with Gasteiger partial charge in [-0.2, -0.15) is 0 Å². The SMILES string of the molecule is CC1=C2[C@@H](C[C@H]3[C@]4(C)CC[C@@H]5C[C@]5(C)[C@@H]4C[C@@H](O)[C@]3(O)[C@H]2O)OC1=O. The minimum absolute atomic E-state index is 0.148. The van der Waals surface area contributed by atoms with Crippen LogP contribution in [0, 0.1) is 28.6 Å². The van der Waals surface area contributed by atoms with E-state index >= 15 is 0 Å². The third-order valence-electron chi connectivity index (χ3n) is 8.95. The lowest BCUT2D eigenvalue weighted by atomic mass is 9.44. The molecule has 1 aliphatic heterocycles. The zero-order valence-electron chi connectivity index (χ0n) is 15.2. The Morgan fingerprint density at radius 3 is 2.56 bits per heavy atom. The molecule has 5 nitrogen and oxygen atoms in total. The molecule has 25 heavy (non-hydrogen) atoms. The van der Waals surface area contributed by atoms with E-state index in [-0.39, 0.29) is 16.7 Å². The molecule has 0 amide bonds. The first kappa shape index (κ1) is 16.3. The topological polar surface area (TPSA) is 87.0 Å². The molecular formula is C20H28O5. The van der Waals surface area contributed by atoms with Crippen molar-refractivity contribution >= 4 is 5.97 Å². The Labute approximate surface area is 148 Å². The van der Waals surface area contributed by atoms with Crippen molar-refractivity contribution in [3.05, 3.63) is 11.1 Å². The minimum Gasteiger partial charge on any atom is -0.454 e. The van der Waals surface area contributed by atoms with Crippen molar-refractivity contribution in [2.24, 2.45) is 28.6 Å². The zero-order chi connectivity index (χ0) is 17.9. The van der Waals surface area contributed by atoms with Crippen molar-refractivity contribution in [3.63, 3.8) is 0 Å². The second-order valence-corrected chi connectivity index (χ2v) is 9.81. The Hall–Kier alpha value is -0.910. The number of carbonyl (C=O) groups excluding carboxylic acids is 1. The van der Waals surface area contributed by atoms with Crippen LogP contribution in [0.25, 0.3) is 0 Å². The predicted octanol–water partition coefficient (Wildman–Crippen LogP) is 1.55. The lowest BCUT2D eigenvalue weighted by Gasteiger charge is -2.63. The summed E-state index contributed by atoms with van der Waals surface area (Å²) in [6, 6.07) is 0. The first-order chi connectivity index (χ1) is 11.6. The van der Waals surface area contributed by atoms with Gasteiger partial charge >= 0.3 is 5.97 Å². The highest BCUT2D eigenvalue weighted by Gasteiger charge is 2.73. The number of rotatable bonds is 0. The molecule has 0 unspecified atom stereocenters. The van der Waals surface area contributed by atoms with Gasteiger partial charge in [-0.05, 0) is 61.7 Å². The summed E-state index contributed by atoms with van der Waals surface area (Å²) in [5.41, 5.74) is -0.619. The molecule has 4 aliphatic carbocycles. The van der Waals surface area contributed by atoms with Crippen LogP contribution in [0.2, 0.25) is 0 Å². The van der Waals surface area contributed by atoms with Crippen LogP contribution in [-0.2, 0) is 9.53 Å². The summed E-state index contributed by atoms with van der Waals surface area (Å²) in [5, 5.41) is 33.6. The van der Waals surface area contributed by atoms with E-state index in [1.165, 1.54) is 6.42 Å². The number of esters is 1. The molecule has 138 valence electrons. The molecule has 0 aromatic rings. The maximum absolute atomic E-state index is 12.0. The summed E-state index contributed by atoms with van der Waals surface area (Å²) in [5.74, 6) is 0.402. The van der Waals surface area contributed by atoms with Gasteiger partial charge < -0.3 is 20.1 Å². The van der Waals surface area contributed by atoms with Crippen molar-refractivity contribution < 1.29 is 24.9 Å². The quantitative estimate of drug-likeness (QED) is 0.578. The Balaban J connectivity index is 1.62. The normalized spacial score (nSPS) is 59.5. The fourth-order valence-corrected chi connectivity index (χ4v) is 7.36. The molecule has 0 radical (unpaired) electrons. The molecule has 5 rings (SSSR count). The van der Waals surface area contributed by atoms with Crippen LogP contribution in [0.15, 0.2) is 11.1 Å². The van der Waals surface area contributed by atoms with Gasteiger partial charge in [0.15, 0.2) is 0 Å². The Bertz CT molecular complexity index is 700. The molecule has 0 aromatic heterocycles. The molecule has 0 spiro atoms. The number of hydrogen-bond acceptors (Lipinski definition) is 5. The standard InChI is InChI=1S/C20H28O5/c1-9-15-11(25-17(9)23)6-13-18(2)5-4-10-8-19(10,3)12(18)7-14(21)20(13,24)16(15)22/h10-14,16,21-22,24H,4-8H2,1-3H3/t10-,11-,12-,13+,14-,16+,18-,19+,20+/m1/s1. The summed E-state index contributed by atoms with van der Waals surface area (Å²) < 4.78 is 5.50. The smallest absolute Gasteiger partial charge is 0.334 e. The van der Waals surface area contributed by atoms with E-state index in [1.54, 1.807) is 6.92 Å². The number of ether oxygens (including phenoxy) is 1. The van der Waals surface area contributed by atoms with Crippen LogP contribution in [0.5, 0.6) is 0 Å². The molecule has 5 heteroatoms. The second-order valence-electron chi connectivity index (χ2n) is 9.81. The van der Waals surface area contributed by atoms with Gasteiger partial charge in [-0.3, -0.25) is 0 Å². The van der Waals surface area contributed by atoms with E-state index < -0.39 is 29.9 Å². The van der Waals surface area contributed by atoms with Gasteiger partial charge in [-0.25, -0.2) is 4.79 Å². The molecule has 3 N–H and O–H groups in total.